The minimum atomic E-state index is -0.388. The molecule has 24 heavy (non-hydrogen) atoms. The normalized spacial score (nSPS) is 23.8. The van der Waals surface area contributed by atoms with Gasteiger partial charge >= 0.3 is 0 Å². The van der Waals surface area contributed by atoms with E-state index in [1.165, 1.54) is 0 Å². The van der Waals surface area contributed by atoms with Crippen LogP contribution in [0.3, 0.4) is 0 Å². The third-order valence-electron chi connectivity index (χ3n) is 4.39. The number of halogens is 1. The van der Waals surface area contributed by atoms with Gasteiger partial charge in [0.15, 0.2) is 0 Å². The Hall–Kier alpha value is -1.24. The smallest absolute Gasteiger partial charge is 0.248 e. The molecule has 130 valence electrons. The van der Waals surface area contributed by atoms with Gasteiger partial charge in [0.1, 0.15) is 6.04 Å². The van der Waals surface area contributed by atoms with Crippen LogP contribution in [0.5, 0.6) is 0 Å². The molecule has 5 nitrogen and oxygen atoms in total. The molecular weight excluding hydrogens is 348 g/mol. The van der Waals surface area contributed by atoms with Crippen LogP contribution in [0.2, 0.25) is 5.02 Å². The van der Waals surface area contributed by atoms with Gasteiger partial charge in [-0.1, -0.05) is 23.7 Å². The Morgan fingerprint density at radius 1 is 1.25 bits per heavy atom. The van der Waals surface area contributed by atoms with Crippen LogP contribution in [0.15, 0.2) is 24.3 Å². The second kappa shape index (κ2) is 7.76. The number of amides is 2. The van der Waals surface area contributed by atoms with Gasteiger partial charge in [-0.15, -0.1) is 11.8 Å². The first-order chi connectivity index (χ1) is 11.6. The van der Waals surface area contributed by atoms with Crippen LogP contribution in [-0.2, 0) is 14.3 Å². The molecule has 0 spiro atoms. The first-order valence-corrected chi connectivity index (χ1v) is 9.67. The van der Waals surface area contributed by atoms with Gasteiger partial charge < -0.3 is 14.5 Å². The maximum absolute atomic E-state index is 12.7. The molecule has 2 saturated heterocycles. The molecule has 1 aromatic rings. The van der Waals surface area contributed by atoms with Crippen molar-refractivity contribution in [3.8, 4) is 0 Å². The number of carbonyl (C=O) groups excluding carboxylic acids is 2. The number of nitrogens with zero attached hydrogens (tertiary/aromatic N) is 2. The van der Waals surface area contributed by atoms with Crippen LogP contribution in [0.25, 0.3) is 0 Å². The summed E-state index contributed by atoms with van der Waals surface area (Å²) in [7, 11) is 0. The van der Waals surface area contributed by atoms with Crippen LogP contribution in [-0.4, -0.2) is 59.0 Å². The van der Waals surface area contributed by atoms with Crippen molar-refractivity contribution in [3.05, 3.63) is 34.9 Å². The predicted octanol–water partition coefficient (Wildman–Crippen LogP) is 2.55. The van der Waals surface area contributed by atoms with Gasteiger partial charge in [-0.05, 0) is 31.0 Å². The van der Waals surface area contributed by atoms with Crippen molar-refractivity contribution in [1.29, 1.82) is 0 Å². The summed E-state index contributed by atoms with van der Waals surface area (Å²) in [6.07, 6.45) is 0.791. The van der Waals surface area contributed by atoms with Gasteiger partial charge in [-0.25, -0.2) is 0 Å². The average Bonchev–Trinajstić information content (AvgIpc) is 2.99. The third kappa shape index (κ3) is 3.41. The van der Waals surface area contributed by atoms with Crippen molar-refractivity contribution in [3.63, 3.8) is 0 Å². The largest absolute Gasteiger partial charge is 0.382 e. The summed E-state index contributed by atoms with van der Waals surface area (Å²) in [6, 6.07) is 7.05. The number of β-lactam (4-membered cyclic amide) rings is 1. The summed E-state index contributed by atoms with van der Waals surface area (Å²) < 4.78 is 5.36. The number of hydrogen-bond acceptors (Lipinski definition) is 4. The maximum Gasteiger partial charge on any atom is 0.248 e. The Labute approximate surface area is 151 Å². The summed E-state index contributed by atoms with van der Waals surface area (Å²) in [4.78, 5) is 28.3. The van der Waals surface area contributed by atoms with Crippen LogP contribution in [0.4, 0.5) is 0 Å². The van der Waals surface area contributed by atoms with E-state index >= 15 is 0 Å². The Bertz CT molecular complexity index is 610. The van der Waals surface area contributed by atoms with Crippen molar-refractivity contribution < 1.29 is 14.3 Å². The van der Waals surface area contributed by atoms with Crippen LogP contribution in [0.1, 0.15) is 24.9 Å². The molecule has 2 fully saturated rings. The minimum absolute atomic E-state index is 0.0299. The third-order valence-corrected chi connectivity index (χ3v) is 5.55. The van der Waals surface area contributed by atoms with Gasteiger partial charge in [0.25, 0.3) is 0 Å². The molecule has 2 amide bonds. The lowest BCUT2D eigenvalue weighted by Crippen LogP contribution is -2.66. The highest BCUT2D eigenvalue weighted by molar-refractivity contribution is 8.00. The Morgan fingerprint density at radius 2 is 2.00 bits per heavy atom. The topological polar surface area (TPSA) is 49.9 Å². The van der Waals surface area contributed by atoms with Gasteiger partial charge in [0, 0.05) is 24.8 Å². The highest BCUT2D eigenvalue weighted by Gasteiger charge is 2.52. The summed E-state index contributed by atoms with van der Waals surface area (Å²) in [6.45, 7) is 3.91. The van der Waals surface area contributed by atoms with Crippen molar-refractivity contribution in [1.82, 2.24) is 9.80 Å². The molecule has 2 heterocycles. The standard InChI is InChI=1S/C17H21ClN2O3S/c1-2-23-9-3-8-19-15(12-4-6-13(18)7-5-12)16(17(19)22)20-11-24-10-14(20)21/h4-7,15-16H,2-3,8-11H2,1H3/t15-,16-/m0/s1. The number of benzene rings is 1. The first kappa shape index (κ1) is 17.6. The van der Waals surface area contributed by atoms with Gasteiger partial charge in [0.2, 0.25) is 11.8 Å². The fourth-order valence-electron chi connectivity index (χ4n) is 3.21. The zero-order valence-corrected chi connectivity index (χ0v) is 15.2. The summed E-state index contributed by atoms with van der Waals surface area (Å²) in [5.74, 6) is 1.13. The van der Waals surface area contributed by atoms with Crippen molar-refractivity contribution in [2.75, 3.05) is 31.4 Å². The highest BCUT2D eigenvalue weighted by atomic mass is 35.5. The molecule has 0 unspecified atom stereocenters. The predicted molar refractivity (Wildman–Crippen MR) is 95.0 cm³/mol. The van der Waals surface area contributed by atoms with E-state index in [9.17, 15) is 9.59 Å². The van der Waals surface area contributed by atoms with Crippen molar-refractivity contribution in [2.24, 2.45) is 0 Å². The van der Waals surface area contributed by atoms with Crippen LogP contribution >= 0.6 is 23.4 Å². The monoisotopic (exact) mass is 368 g/mol. The van der Waals surface area contributed by atoms with E-state index in [0.717, 1.165) is 12.0 Å². The van der Waals surface area contributed by atoms with E-state index in [2.05, 4.69) is 0 Å². The second-order valence-electron chi connectivity index (χ2n) is 5.86. The summed E-state index contributed by atoms with van der Waals surface area (Å²) >= 11 is 7.54. The lowest BCUT2D eigenvalue weighted by Gasteiger charge is -2.50. The average molecular weight is 369 g/mol. The molecule has 1 aromatic carbocycles. The lowest BCUT2D eigenvalue weighted by atomic mass is 9.87. The maximum atomic E-state index is 12.7. The number of hydrogen-bond donors (Lipinski definition) is 0. The van der Waals surface area contributed by atoms with E-state index in [1.54, 1.807) is 16.7 Å². The molecule has 3 rings (SSSR count). The van der Waals surface area contributed by atoms with Crippen LogP contribution in [0, 0.1) is 0 Å². The number of likely N-dealkylation sites (tertiary alicyclic amines) is 1. The van der Waals surface area contributed by atoms with Crippen LogP contribution < -0.4 is 0 Å². The summed E-state index contributed by atoms with van der Waals surface area (Å²) in [5, 5.41) is 0.664. The van der Waals surface area contributed by atoms with E-state index in [-0.39, 0.29) is 23.9 Å². The molecule has 0 saturated carbocycles. The first-order valence-electron chi connectivity index (χ1n) is 8.14. The molecule has 2 atom stereocenters. The van der Waals surface area contributed by atoms with E-state index < -0.39 is 0 Å². The number of carbonyl (C=O) groups is 2. The molecule has 0 N–H and O–H groups in total. The van der Waals surface area contributed by atoms with E-state index in [4.69, 9.17) is 16.3 Å². The second-order valence-corrected chi connectivity index (χ2v) is 7.26. The zero-order chi connectivity index (χ0) is 17.1. The van der Waals surface area contributed by atoms with E-state index in [1.807, 2.05) is 36.1 Å². The van der Waals surface area contributed by atoms with Gasteiger partial charge in [-0.2, -0.15) is 0 Å². The Morgan fingerprint density at radius 3 is 2.62 bits per heavy atom. The number of thioether (sulfide) groups is 1. The molecule has 0 aromatic heterocycles. The molecule has 0 bridgehead atoms. The van der Waals surface area contributed by atoms with Gasteiger partial charge in [-0.3, -0.25) is 9.59 Å². The molecule has 7 heteroatoms. The Kier molecular flexibility index (Phi) is 5.69. The zero-order valence-electron chi connectivity index (χ0n) is 13.6. The fourth-order valence-corrected chi connectivity index (χ4v) is 4.27. The molecule has 0 aliphatic carbocycles. The molecule has 2 aliphatic heterocycles. The molecular formula is C17H21ClN2O3S. The Balaban J connectivity index is 1.77. The van der Waals surface area contributed by atoms with Crippen molar-refractivity contribution in [2.45, 2.75) is 25.4 Å². The SMILES string of the molecule is CCOCCCN1C(=O)[C@@H](N2CSCC2=O)[C@@H]1c1ccc(Cl)cc1. The van der Waals surface area contributed by atoms with Gasteiger partial charge in [0.05, 0.1) is 17.7 Å². The fraction of sp³-hybridized carbons (Fsp3) is 0.529. The lowest BCUT2D eigenvalue weighted by molar-refractivity contribution is -0.164. The highest BCUT2D eigenvalue weighted by Crippen LogP contribution is 2.40. The van der Waals surface area contributed by atoms with E-state index in [0.29, 0.717) is 36.4 Å². The quantitative estimate of drug-likeness (QED) is 0.548. The van der Waals surface area contributed by atoms with Crippen molar-refractivity contribution >= 4 is 35.2 Å². The molecule has 2 aliphatic rings. The summed E-state index contributed by atoms with van der Waals surface area (Å²) in [5.41, 5.74) is 1.02. The number of ether oxygens (including phenoxy) is 1. The molecule has 0 radical (unpaired) electrons. The number of rotatable bonds is 7. The minimum Gasteiger partial charge on any atom is -0.382 e.